The zero-order chi connectivity index (χ0) is 20.4. The average Bonchev–Trinajstić information content (AvgIpc) is 2.57. The van der Waals surface area contributed by atoms with Crippen molar-refractivity contribution in [2.75, 3.05) is 6.61 Å². The smallest absolute Gasteiger partial charge is 0.323 e. The minimum atomic E-state index is -0.736. The Balaban J connectivity index is 2.79. The molecule has 0 saturated carbocycles. The van der Waals surface area contributed by atoms with Gasteiger partial charge in [0, 0.05) is 13.2 Å². The lowest BCUT2D eigenvalue weighted by atomic mass is 10.0. The molecular weight excluding hydrogens is 344 g/mol. The van der Waals surface area contributed by atoms with Gasteiger partial charge in [-0.05, 0) is 45.1 Å². The molecular formula is C21H34N2O4. The zero-order valence-corrected chi connectivity index (χ0v) is 17.1. The molecule has 0 saturated heterocycles. The van der Waals surface area contributed by atoms with Crippen LogP contribution in [-0.2, 0) is 20.9 Å². The van der Waals surface area contributed by atoms with Crippen LogP contribution in [0.3, 0.4) is 0 Å². The molecule has 6 nitrogen and oxygen atoms in total. The van der Waals surface area contributed by atoms with Crippen molar-refractivity contribution < 1.29 is 19.4 Å². The third-order valence-corrected chi connectivity index (χ3v) is 3.84. The monoisotopic (exact) mass is 378 g/mol. The fraction of sp³-hybridized carbons (Fsp3) is 0.619. The van der Waals surface area contributed by atoms with Crippen molar-refractivity contribution in [2.24, 2.45) is 5.92 Å². The highest BCUT2D eigenvalue weighted by Crippen LogP contribution is 2.12. The van der Waals surface area contributed by atoms with Gasteiger partial charge in [-0.2, -0.15) is 0 Å². The van der Waals surface area contributed by atoms with Crippen LogP contribution < -0.4 is 10.6 Å². The number of aliphatic hydroxyl groups is 1. The topological polar surface area (TPSA) is 87.7 Å². The maximum atomic E-state index is 12.7. The normalized spacial score (nSPS) is 13.9. The van der Waals surface area contributed by atoms with Gasteiger partial charge in [-0.25, -0.2) is 0 Å². The van der Waals surface area contributed by atoms with E-state index in [-0.39, 0.29) is 24.9 Å². The number of hydrogen-bond acceptors (Lipinski definition) is 5. The molecule has 0 radical (unpaired) electrons. The summed E-state index contributed by atoms with van der Waals surface area (Å²) in [6.45, 7) is 9.67. The molecule has 2 atom stereocenters. The largest absolute Gasteiger partial charge is 0.459 e. The Hall–Kier alpha value is -1.92. The van der Waals surface area contributed by atoms with Gasteiger partial charge in [0.1, 0.15) is 11.6 Å². The molecule has 6 heteroatoms. The molecule has 0 aliphatic rings. The summed E-state index contributed by atoms with van der Waals surface area (Å²) in [4.78, 5) is 25.2. The van der Waals surface area contributed by atoms with Crippen LogP contribution in [0.1, 0.15) is 53.0 Å². The minimum Gasteiger partial charge on any atom is -0.459 e. The van der Waals surface area contributed by atoms with Crippen molar-refractivity contribution in [1.29, 1.82) is 0 Å². The van der Waals surface area contributed by atoms with Crippen molar-refractivity contribution in [3.8, 4) is 0 Å². The summed E-state index contributed by atoms with van der Waals surface area (Å²) in [5.41, 5.74) is 0.378. The third-order valence-electron chi connectivity index (χ3n) is 3.84. The van der Waals surface area contributed by atoms with Gasteiger partial charge in [0.15, 0.2) is 0 Å². The highest BCUT2D eigenvalue weighted by Gasteiger charge is 2.30. The number of amides is 1. The average molecular weight is 379 g/mol. The fourth-order valence-corrected chi connectivity index (χ4v) is 2.64. The molecule has 0 heterocycles. The second kappa shape index (κ2) is 11.0. The number of hydrogen-bond donors (Lipinski definition) is 3. The summed E-state index contributed by atoms with van der Waals surface area (Å²) in [6, 6.07) is 8.38. The van der Waals surface area contributed by atoms with E-state index >= 15 is 0 Å². The first kappa shape index (κ1) is 23.1. The molecule has 152 valence electrons. The second-order valence-corrected chi connectivity index (χ2v) is 8.15. The SMILES string of the molecule is CC(C)C[C@H](N[C@H](CCO)C(=O)OC(C)(C)C)C(=O)NCc1ccccc1. The summed E-state index contributed by atoms with van der Waals surface area (Å²) >= 11 is 0. The van der Waals surface area contributed by atoms with Gasteiger partial charge in [-0.3, -0.25) is 14.9 Å². The van der Waals surface area contributed by atoms with Crippen molar-refractivity contribution in [2.45, 2.75) is 71.7 Å². The summed E-state index contributed by atoms with van der Waals surface area (Å²) in [5.74, 6) is -0.362. The van der Waals surface area contributed by atoms with E-state index in [1.165, 1.54) is 0 Å². The van der Waals surface area contributed by atoms with Crippen molar-refractivity contribution in [1.82, 2.24) is 10.6 Å². The molecule has 0 spiro atoms. The number of rotatable bonds is 10. The standard InChI is InChI=1S/C21H34N2O4/c1-15(2)13-18(19(25)22-14-16-9-7-6-8-10-16)23-17(11-12-24)20(26)27-21(3,4)5/h6-10,15,17-18,23-24H,11-14H2,1-5H3,(H,22,25)/t17-,18+/m1/s1. The van der Waals surface area contributed by atoms with E-state index in [0.29, 0.717) is 13.0 Å². The van der Waals surface area contributed by atoms with E-state index < -0.39 is 23.7 Å². The summed E-state index contributed by atoms with van der Waals surface area (Å²) in [6.07, 6.45) is 0.765. The predicted molar refractivity (Wildman–Crippen MR) is 106 cm³/mol. The Bertz CT molecular complexity index is 582. The van der Waals surface area contributed by atoms with E-state index in [2.05, 4.69) is 10.6 Å². The Morgan fingerprint density at radius 3 is 2.26 bits per heavy atom. The van der Waals surface area contributed by atoms with Crippen LogP contribution >= 0.6 is 0 Å². The lowest BCUT2D eigenvalue weighted by Crippen LogP contribution is -2.52. The van der Waals surface area contributed by atoms with Gasteiger partial charge in [-0.15, -0.1) is 0 Å². The molecule has 0 unspecified atom stereocenters. The van der Waals surface area contributed by atoms with Crippen molar-refractivity contribution >= 4 is 11.9 Å². The van der Waals surface area contributed by atoms with E-state index in [1.54, 1.807) is 20.8 Å². The Kier molecular flexibility index (Phi) is 9.46. The number of aliphatic hydroxyl groups excluding tert-OH is 1. The van der Waals surface area contributed by atoms with Crippen molar-refractivity contribution in [3.63, 3.8) is 0 Å². The van der Waals surface area contributed by atoms with Gasteiger partial charge in [0.05, 0.1) is 6.04 Å². The first-order valence-corrected chi connectivity index (χ1v) is 9.53. The number of carbonyl (C=O) groups excluding carboxylic acids is 2. The molecule has 27 heavy (non-hydrogen) atoms. The van der Waals surface area contributed by atoms with Gasteiger partial charge in [0.25, 0.3) is 0 Å². The first-order valence-electron chi connectivity index (χ1n) is 9.53. The Morgan fingerprint density at radius 2 is 1.74 bits per heavy atom. The van der Waals surface area contributed by atoms with Crippen LogP contribution in [-0.4, -0.2) is 41.3 Å². The Labute approximate surface area is 162 Å². The molecule has 0 aliphatic heterocycles. The van der Waals surface area contributed by atoms with E-state index in [1.807, 2.05) is 44.2 Å². The maximum Gasteiger partial charge on any atom is 0.323 e. The van der Waals surface area contributed by atoms with E-state index in [0.717, 1.165) is 5.56 Å². The number of carbonyl (C=O) groups is 2. The fourth-order valence-electron chi connectivity index (χ4n) is 2.64. The molecule has 1 aromatic rings. The van der Waals surface area contributed by atoms with Crippen LogP contribution in [0.5, 0.6) is 0 Å². The highest BCUT2D eigenvalue weighted by molar-refractivity contribution is 5.83. The van der Waals surface area contributed by atoms with Gasteiger partial charge in [0.2, 0.25) is 5.91 Å². The first-order chi connectivity index (χ1) is 12.6. The number of esters is 1. The molecule has 1 amide bonds. The van der Waals surface area contributed by atoms with Crippen LogP contribution in [0, 0.1) is 5.92 Å². The number of nitrogens with one attached hydrogen (secondary N) is 2. The quantitative estimate of drug-likeness (QED) is 0.544. The number of benzene rings is 1. The molecule has 1 aromatic carbocycles. The molecule has 0 aromatic heterocycles. The second-order valence-electron chi connectivity index (χ2n) is 8.15. The van der Waals surface area contributed by atoms with E-state index in [9.17, 15) is 14.7 Å². The Morgan fingerprint density at radius 1 is 1.11 bits per heavy atom. The van der Waals surface area contributed by atoms with Crippen LogP contribution in [0.4, 0.5) is 0 Å². The lowest BCUT2D eigenvalue weighted by molar-refractivity contribution is -0.158. The highest BCUT2D eigenvalue weighted by atomic mass is 16.6. The predicted octanol–water partition coefficient (Wildman–Crippen LogP) is 2.40. The van der Waals surface area contributed by atoms with Crippen molar-refractivity contribution in [3.05, 3.63) is 35.9 Å². The molecule has 0 bridgehead atoms. The van der Waals surface area contributed by atoms with Crippen LogP contribution in [0.15, 0.2) is 30.3 Å². The molecule has 0 aliphatic carbocycles. The third kappa shape index (κ3) is 9.54. The lowest BCUT2D eigenvalue weighted by Gasteiger charge is -2.28. The summed E-state index contributed by atoms with van der Waals surface area (Å²) < 4.78 is 5.42. The zero-order valence-electron chi connectivity index (χ0n) is 17.1. The van der Waals surface area contributed by atoms with E-state index in [4.69, 9.17) is 4.74 Å². The maximum absolute atomic E-state index is 12.7. The van der Waals surface area contributed by atoms with Gasteiger partial charge >= 0.3 is 5.97 Å². The molecule has 1 rings (SSSR count). The van der Waals surface area contributed by atoms with Gasteiger partial charge in [-0.1, -0.05) is 44.2 Å². The number of ether oxygens (including phenoxy) is 1. The van der Waals surface area contributed by atoms with Crippen LogP contribution in [0.2, 0.25) is 0 Å². The summed E-state index contributed by atoms with van der Waals surface area (Å²) in [5, 5.41) is 15.3. The molecule has 0 fully saturated rings. The summed E-state index contributed by atoms with van der Waals surface area (Å²) in [7, 11) is 0. The minimum absolute atomic E-state index is 0.168. The van der Waals surface area contributed by atoms with Crippen LogP contribution in [0.25, 0.3) is 0 Å². The molecule has 3 N–H and O–H groups in total. The van der Waals surface area contributed by atoms with Gasteiger partial charge < -0.3 is 15.2 Å².